The molecule has 0 bridgehead atoms. The molecule has 20 heavy (non-hydrogen) atoms. The predicted molar refractivity (Wildman–Crippen MR) is 87.6 cm³/mol. The summed E-state index contributed by atoms with van der Waals surface area (Å²) in [5.74, 6) is 0.988. The van der Waals surface area contributed by atoms with Gasteiger partial charge in [-0.25, -0.2) is 0 Å². The first kappa shape index (κ1) is 17.3. The van der Waals surface area contributed by atoms with E-state index in [4.69, 9.17) is 9.47 Å². The normalized spacial score (nSPS) is 11.1. The van der Waals surface area contributed by atoms with E-state index in [0.29, 0.717) is 27.7 Å². The minimum atomic E-state index is -0.317. The molecule has 1 rings (SSSR count). The van der Waals surface area contributed by atoms with Crippen LogP contribution in [0.15, 0.2) is 18.2 Å². The third-order valence-electron chi connectivity index (χ3n) is 3.22. The third kappa shape index (κ3) is 3.88. The molecule has 1 N–H and O–H groups in total. The lowest BCUT2D eigenvalue weighted by Gasteiger charge is -2.30. The Labute approximate surface area is 136 Å². The maximum absolute atomic E-state index is 12.4. The van der Waals surface area contributed by atoms with Crippen LogP contribution in [0.2, 0.25) is 0 Å². The second kappa shape index (κ2) is 7.88. The quantitative estimate of drug-likeness (QED) is 0.703. The van der Waals surface area contributed by atoms with Crippen molar-refractivity contribution in [2.45, 2.75) is 18.9 Å². The van der Waals surface area contributed by atoms with Crippen molar-refractivity contribution in [1.82, 2.24) is 5.32 Å². The molecule has 0 aliphatic carbocycles. The minimum Gasteiger partial charge on any atom is -0.497 e. The van der Waals surface area contributed by atoms with Gasteiger partial charge in [-0.1, -0.05) is 38.8 Å². The molecule has 0 unspecified atom stereocenters. The average molecular weight is 409 g/mol. The maximum Gasteiger partial charge on any atom is 0.255 e. The number of carbonyl (C=O) groups excluding carboxylic acids is 1. The van der Waals surface area contributed by atoms with Gasteiger partial charge in [-0.15, -0.1) is 0 Å². The van der Waals surface area contributed by atoms with E-state index in [2.05, 4.69) is 37.2 Å². The van der Waals surface area contributed by atoms with Crippen molar-refractivity contribution < 1.29 is 14.3 Å². The highest BCUT2D eigenvalue weighted by atomic mass is 79.9. The summed E-state index contributed by atoms with van der Waals surface area (Å²) in [6, 6.07) is 5.15. The molecule has 1 aromatic rings. The van der Waals surface area contributed by atoms with Gasteiger partial charge < -0.3 is 14.8 Å². The summed E-state index contributed by atoms with van der Waals surface area (Å²) in [5, 5.41) is 4.40. The molecule has 4 nitrogen and oxygen atoms in total. The van der Waals surface area contributed by atoms with Gasteiger partial charge in [-0.3, -0.25) is 4.79 Å². The summed E-state index contributed by atoms with van der Waals surface area (Å²) in [7, 11) is 3.11. The van der Waals surface area contributed by atoms with E-state index >= 15 is 0 Å². The van der Waals surface area contributed by atoms with Crippen molar-refractivity contribution in [1.29, 1.82) is 0 Å². The van der Waals surface area contributed by atoms with Gasteiger partial charge in [0.2, 0.25) is 0 Å². The van der Waals surface area contributed by atoms with Crippen LogP contribution in [0.5, 0.6) is 11.5 Å². The summed E-state index contributed by atoms with van der Waals surface area (Å²) in [6.07, 6.45) is 0.813. The zero-order valence-corrected chi connectivity index (χ0v) is 15.0. The van der Waals surface area contributed by atoms with Crippen LogP contribution in [0.1, 0.15) is 23.7 Å². The Hall–Kier alpha value is -0.750. The van der Waals surface area contributed by atoms with Gasteiger partial charge in [0, 0.05) is 16.7 Å². The minimum absolute atomic E-state index is 0.162. The average Bonchev–Trinajstić information content (AvgIpc) is 2.51. The number of hydrogen-bond acceptors (Lipinski definition) is 3. The largest absolute Gasteiger partial charge is 0.497 e. The highest BCUT2D eigenvalue weighted by Crippen LogP contribution is 2.26. The molecule has 0 saturated heterocycles. The molecule has 1 aromatic carbocycles. The zero-order chi connectivity index (χ0) is 15.2. The fourth-order valence-corrected chi connectivity index (χ4v) is 3.68. The molecule has 1 amide bonds. The second-order valence-corrected chi connectivity index (χ2v) is 5.54. The summed E-state index contributed by atoms with van der Waals surface area (Å²) in [6.45, 7) is 2.04. The SMILES string of the molecule is CCC(CBr)(CBr)NC(=O)c1ccc(OC)cc1OC. The predicted octanol–water partition coefficient (Wildman–Crippen LogP) is 3.37. The van der Waals surface area contributed by atoms with Crippen molar-refractivity contribution >= 4 is 37.8 Å². The van der Waals surface area contributed by atoms with Crippen molar-refractivity contribution in [3.05, 3.63) is 23.8 Å². The fourth-order valence-electron chi connectivity index (χ4n) is 1.67. The number of carbonyl (C=O) groups is 1. The first-order valence-corrected chi connectivity index (χ1v) is 8.46. The first-order valence-electron chi connectivity index (χ1n) is 6.22. The Bertz CT molecular complexity index is 453. The van der Waals surface area contributed by atoms with Crippen molar-refractivity contribution in [2.24, 2.45) is 0 Å². The lowest BCUT2D eigenvalue weighted by molar-refractivity contribution is 0.0912. The van der Waals surface area contributed by atoms with Crippen LogP contribution in [0.3, 0.4) is 0 Å². The number of halogens is 2. The molecule has 0 heterocycles. The number of hydrogen-bond donors (Lipinski definition) is 1. The van der Waals surface area contributed by atoms with E-state index in [9.17, 15) is 4.79 Å². The molecule has 112 valence electrons. The molecule has 0 aromatic heterocycles. The van der Waals surface area contributed by atoms with Gasteiger partial charge >= 0.3 is 0 Å². The fraction of sp³-hybridized carbons (Fsp3) is 0.500. The third-order valence-corrected chi connectivity index (χ3v) is 5.37. The van der Waals surface area contributed by atoms with E-state index in [-0.39, 0.29) is 11.4 Å². The molecular formula is C14H19Br2NO3. The van der Waals surface area contributed by atoms with Gasteiger partial charge in [-0.2, -0.15) is 0 Å². The van der Waals surface area contributed by atoms with E-state index < -0.39 is 0 Å². The summed E-state index contributed by atoms with van der Waals surface area (Å²) in [4.78, 5) is 12.4. The number of alkyl halides is 2. The Balaban J connectivity index is 3.03. The highest BCUT2D eigenvalue weighted by molar-refractivity contribution is 9.09. The standard InChI is InChI=1S/C14H19Br2NO3/c1-4-14(8-15,9-16)17-13(18)11-6-5-10(19-2)7-12(11)20-3/h5-7H,4,8-9H2,1-3H3,(H,17,18). The zero-order valence-electron chi connectivity index (χ0n) is 11.8. The highest BCUT2D eigenvalue weighted by Gasteiger charge is 2.29. The molecule has 0 fully saturated rings. The van der Waals surface area contributed by atoms with Crippen LogP contribution < -0.4 is 14.8 Å². The molecule has 6 heteroatoms. The number of benzene rings is 1. The van der Waals surface area contributed by atoms with Crippen LogP contribution in [0, 0.1) is 0 Å². The van der Waals surface area contributed by atoms with Gasteiger partial charge in [0.05, 0.1) is 25.3 Å². The molecule has 0 radical (unpaired) electrons. The van der Waals surface area contributed by atoms with E-state index in [1.165, 1.54) is 7.11 Å². The molecule has 0 aliphatic rings. The molecule has 0 atom stereocenters. The number of nitrogens with one attached hydrogen (secondary N) is 1. The molecule has 0 spiro atoms. The molecule has 0 saturated carbocycles. The smallest absolute Gasteiger partial charge is 0.255 e. The Morgan fingerprint density at radius 3 is 2.35 bits per heavy atom. The Kier molecular flexibility index (Phi) is 6.82. The summed E-state index contributed by atoms with van der Waals surface area (Å²) in [5.41, 5.74) is 0.176. The van der Waals surface area contributed by atoms with Crippen LogP contribution in [0.25, 0.3) is 0 Å². The van der Waals surface area contributed by atoms with Gasteiger partial charge in [-0.05, 0) is 18.6 Å². The summed E-state index contributed by atoms with van der Waals surface area (Å²) < 4.78 is 10.4. The van der Waals surface area contributed by atoms with Crippen LogP contribution in [-0.4, -0.2) is 36.3 Å². The lowest BCUT2D eigenvalue weighted by Crippen LogP contribution is -2.51. The van der Waals surface area contributed by atoms with Crippen LogP contribution >= 0.6 is 31.9 Å². The Morgan fingerprint density at radius 1 is 1.25 bits per heavy atom. The first-order chi connectivity index (χ1) is 9.55. The van der Waals surface area contributed by atoms with Crippen molar-refractivity contribution in [2.75, 3.05) is 24.9 Å². The van der Waals surface area contributed by atoms with E-state index in [0.717, 1.165) is 6.42 Å². The van der Waals surface area contributed by atoms with Crippen LogP contribution in [0.4, 0.5) is 0 Å². The number of methoxy groups -OCH3 is 2. The molecular weight excluding hydrogens is 390 g/mol. The monoisotopic (exact) mass is 407 g/mol. The van der Waals surface area contributed by atoms with E-state index in [1.54, 1.807) is 25.3 Å². The number of amides is 1. The number of ether oxygens (including phenoxy) is 2. The van der Waals surface area contributed by atoms with E-state index in [1.807, 2.05) is 6.92 Å². The van der Waals surface area contributed by atoms with Gasteiger partial charge in [0.15, 0.2) is 0 Å². The summed E-state index contributed by atoms with van der Waals surface area (Å²) >= 11 is 6.91. The molecule has 0 aliphatic heterocycles. The maximum atomic E-state index is 12.4. The lowest BCUT2D eigenvalue weighted by atomic mass is 10.0. The van der Waals surface area contributed by atoms with Crippen molar-refractivity contribution in [3.63, 3.8) is 0 Å². The van der Waals surface area contributed by atoms with Gasteiger partial charge in [0.25, 0.3) is 5.91 Å². The topological polar surface area (TPSA) is 47.6 Å². The van der Waals surface area contributed by atoms with Crippen molar-refractivity contribution in [3.8, 4) is 11.5 Å². The second-order valence-electron chi connectivity index (χ2n) is 4.42. The Morgan fingerprint density at radius 2 is 1.90 bits per heavy atom. The van der Waals surface area contributed by atoms with Gasteiger partial charge in [0.1, 0.15) is 11.5 Å². The number of rotatable bonds is 7. The van der Waals surface area contributed by atoms with Crippen LogP contribution in [-0.2, 0) is 0 Å².